The van der Waals surface area contributed by atoms with Gasteiger partial charge in [0.1, 0.15) is 11.6 Å². The summed E-state index contributed by atoms with van der Waals surface area (Å²) in [5.74, 6) is 1.63. The molecule has 0 aliphatic carbocycles. The summed E-state index contributed by atoms with van der Waals surface area (Å²) >= 11 is 0. The second-order valence-corrected chi connectivity index (χ2v) is 6.64. The molecule has 1 aliphatic rings. The molecule has 0 unspecified atom stereocenters. The summed E-state index contributed by atoms with van der Waals surface area (Å²) in [5, 5.41) is 3.33. The number of hydrogen-bond acceptors (Lipinski definition) is 4. The summed E-state index contributed by atoms with van der Waals surface area (Å²) < 4.78 is 5.59. The Balaban J connectivity index is 1.70. The van der Waals surface area contributed by atoms with Crippen LogP contribution in [0.1, 0.15) is 47.7 Å². The number of carbonyl (C=O) groups excluding carboxylic acids is 1. The number of nitrogens with one attached hydrogen (secondary N) is 1. The van der Waals surface area contributed by atoms with E-state index in [0.29, 0.717) is 24.5 Å². The number of hydrogen-bond donors (Lipinski definition) is 1. The Morgan fingerprint density at radius 1 is 1.23 bits per heavy atom. The predicted octanol–water partition coefficient (Wildman–Crippen LogP) is 4.03. The van der Waals surface area contributed by atoms with Gasteiger partial charge >= 0.3 is 0 Å². The summed E-state index contributed by atoms with van der Waals surface area (Å²) in [6, 6.07) is 9.82. The van der Waals surface area contributed by atoms with Gasteiger partial charge in [0.2, 0.25) is 0 Å². The molecular weight excluding hydrogens is 326 g/mol. The van der Waals surface area contributed by atoms with Crippen molar-refractivity contribution in [2.24, 2.45) is 0 Å². The fraction of sp³-hybridized carbons (Fsp3) is 0.429. The van der Waals surface area contributed by atoms with Crippen molar-refractivity contribution in [1.29, 1.82) is 0 Å². The minimum atomic E-state index is 0.0724. The maximum atomic E-state index is 12.8. The number of carbonyl (C=O) groups is 1. The molecule has 1 aromatic heterocycles. The quantitative estimate of drug-likeness (QED) is 0.852. The zero-order valence-electron chi connectivity index (χ0n) is 15.6. The van der Waals surface area contributed by atoms with Crippen LogP contribution < -0.4 is 10.1 Å². The van der Waals surface area contributed by atoms with Gasteiger partial charge in [-0.15, -0.1) is 0 Å². The average Bonchev–Trinajstić information content (AvgIpc) is 2.69. The molecule has 1 aliphatic heterocycles. The van der Waals surface area contributed by atoms with Crippen LogP contribution in [0.3, 0.4) is 0 Å². The van der Waals surface area contributed by atoms with E-state index < -0.39 is 0 Å². The van der Waals surface area contributed by atoms with Crippen LogP contribution in [0.2, 0.25) is 0 Å². The molecule has 2 heterocycles. The Labute approximate surface area is 155 Å². The first-order chi connectivity index (χ1) is 12.7. The van der Waals surface area contributed by atoms with Gasteiger partial charge in [-0.1, -0.05) is 12.1 Å². The highest BCUT2D eigenvalue weighted by Crippen LogP contribution is 2.21. The summed E-state index contributed by atoms with van der Waals surface area (Å²) in [7, 11) is 0. The number of rotatable bonds is 6. The van der Waals surface area contributed by atoms with E-state index in [-0.39, 0.29) is 5.91 Å². The highest BCUT2D eigenvalue weighted by molar-refractivity contribution is 5.98. The second kappa shape index (κ2) is 8.70. The fourth-order valence-corrected chi connectivity index (χ4v) is 3.31. The first-order valence-electron chi connectivity index (χ1n) is 9.39. The number of likely N-dealkylation sites (tertiary alicyclic amines) is 1. The van der Waals surface area contributed by atoms with Gasteiger partial charge in [-0.05, 0) is 62.4 Å². The topological polar surface area (TPSA) is 54.5 Å². The largest absolute Gasteiger partial charge is 0.494 e. The molecule has 138 valence electrons. The molecule has 0 spiro atoms. The molecule has 2 aromatic rings. The lowest BCUT2D eigenvalue weighted by Crippen LogP contribution is -2.36. The van der Waals surface area contributed by atoms with Crippen molar-refractivity contribution in [1.82, 2.24) is 9.88 Å². The van der Waals surface area contributed by atoms with Gasteiger partial charge in [-0.2, -0.15) is 0 Å². The highest BCUT2D eigenvalue weighted by atomic mass is 16.5. The second-order valence-electron chi connectivity index (χ2n) is 6.64. The van der Waals surface area contributed by atoms with Gasteiger partial charge in [0.15, 0.2) is 0 Å². The van der Waals surface area contributed by atoms with Crippen molar-refractivity contribution >= 4 is 11.7 Å². The molecule has 0 saturated carbocycles. The van der Waals surface area contributed by atoms with Crippen molar-refractivity contribution in [2.45, 2.75) is 39.7 Å². The molecule has 3 rings (SSSR count). The third-order valence-electron chi connectivity index (χ3n) is 4.68. The van der Waals surface area contributed by atoms with Crippen molar-refractivity contribution in [3.8, 4) is 5.75 Å². The number of pyridine rings is 1. The number of anilines is 1. The summed E-state index contributed by atoms with van der Waals surface area (Å²) in [5.41, 5.74) is 2.89. The van der Waals surface area contributed by atoms with Crippen LogP contribution in [0.25, 0.3) is 0 Å². The molecule has 0 atom stereocenters. The molecule has 26 heavy (non-hydrogen) atoms. The Hall–Kier alpha value is -2.56. The van der Waals surface area contributed by atoms with Gasteiger partial charge in [0.05, 0.1) is 12.2 Å². The van der Waals surface area contributed by atoms with Gasteiger partial charge in [0.25, 0.3) is 5.91 Å². The third-order valence-corrected chi connectivity index (χ3v) is 4.68. The molecule has 0 radical (unpaired) electrons. The van der Waals surface area contributed by atoms with Gasteiger partial charge in [-0.25, -0.2) is 4.98 Å². The first-order valence-corrected chi connectivity index (χ1v) is 9.39. The number of ether oxygens (including phenoxy) is 1. The van der Waals surface area contributed by atoms with E-state index in [0.717, 1.165) is 42.8 Å². The number of piperidine rings is 1. The van der Waals surface area contributed by atoms with E-state index in [9.17, 15) is 4.79 Å². The van der Waals surface area contributed by atoms with Crippen molar-refractivity contribution in [3.05, 3.63) is 53.2 Å². The zero-order valence-corrected chi connectivity index (χ0v) is 15.6. The standard InChI is InChI=1S/C21H27N3O2/c1-3-26-19-10-9-17(14-16(19)2)15-23-20-18(8-7-11-22-20)21(25)24-12-5-4-6-13-24/h7-11,14H,3-6,12-13,15H2,1-2H3,(H,22,23). The monoisotopic (exact) mass is 353 g/mol. The van der Waals surface area contributed by atoms with Crippen molar-refractivity contribution in [3.63, 3.8) is 0 Å². The predicted molar refractivity (Wildman–Crippen MR) is 104 cm³/mol. The number of nitrogens with zero attached hydrogens (tertiary/aromatic N) is 2. The third kappa shape index (κ3) is 4.34. The van der Waals surface area contributed by atoms with Gasteiger partial charge < -0.3 is 15.0 Å². The molecule has 1 fully saturated rings. The minimum absolute atomic E-state index is 0.0724. The van der Waals surface area contributed by atoms with Crippen LogP contribution in [0, 0.1) is 6.92 Å². The van der Waals surface area contributed by atoms with E-state index in [1.54, 1.807) is 6.20 Å². The molecule has 1 N–H and O–H groups in total. The van der Waals surface area contributed by atoms with E-state index in [1.807, 2.05) is 43.0 Å². The van der Waals surface area contributed by atoms with E-state index in [2.05, 4.69) is 16.4 Å². The average molecular weight is 353 g/mol. The van der Waals surface area contributed by atoms with Crippen molar-refractivity contribution < 1.29 is 9.53 Å². The SMILES string of the molecule is CCOc1ccc(CNc2ncccc2C(=O)N2CCCCC2)cc1C. The Morgan fingerprint density at radius 3 is 2.77 bits per heavy atom. The van der Waals surface area contributed by atoms with Crippen LogP contribution in [0.15, 0.2) is 36.5 Å². The minimum Gasteiger partial charge on any atom is -0.494 e. The Morgan fingerprint density at radius 2 is 2.04 bits per heavy atom. The Kier molecular flexibility index (Phi) is 6.10. The summed E-state index contributed by atoms with van der Waals surface area (Å²) in [6.07, 6.45) is 5.10. The number of benzene rings is 1. The highest BCUT2D eigenvalue weighted by Gasteiger charge is 2.21. The van der Waals surface area contributed by atoms with Crippen molar-refractivity contribution in [2.75, 3.05) is 25.0 Å². The number of aryl methyl sites for hydroxylation is 1. The maximum absolute atomic E-state index is 12.8. The lowest BCUT2D eigenvalue weighted by atomic mass is 10.1. The summed E-state index contributed by atoms with van der Waals surface area (Å²) in [6.45, 7) is 6.98. The van der Waals surface area contributed by atoms with Gasteiger partial charge in [-0.3, -0.25) is 4.79 Å². The number of aromatic nitrogens is 1. The van der Waals surface area contributed by atoms with Crippen LogP contribution in [-0.2, 0) is 6.54 Å². The molecule has 1 saturated heterocycles. The normalized spacial score (nSPS) is 14.2. The maximum Gasteiger partial charge on any atom is 0.257 e. The molecule has 1 amide bonds. The van der Waals surface area contributed by atoms with E-state index in [4.69, 9.17) is 4.74 Å². The molecule has 5 nitrogen and oxygen atoms in total. The van der Waals surface area contributed by atoms with Crippen LogP contribution in [0.4, 0.5) is 5.82 Å². The smallest absolute Gasteiger partial charge is 0.257 e. The molecular formula is C21H27N3O2. The zero-order chi connectivity index (χ0) is 18.4. The van der Waals surface area contributed by atoms with Gasteiger partial charge in [0, 0.05) is 25.8 Å². The first kappa shape index (κ1) is 18.2. The fourth-order valence-electron chi connectivity index (χ4n) is 3.31. The van der Waals surface area contributed by atoms with Crippen LogP contribution in [-0.4, -0.2) is 35.5 Å². The van der Waals surface area contributed by atoms with E-state index in [1.165, 1.54) is 6.42 Å². The Bertz CT molecular complexity index is 755. The van der Waals surface area contributed by atoms with E-state index >= 15 is 0 Å². The lowest BCUT2D eigenvalue weighted by Gasteiger charge is -2.27. The summed E-state index contributed by atoms with van der Waals surface area (Å²) in [4.78, 5) is 19.2. The van der Waals surface area contributed by atoms with Crippen LogP contribution >= 0.6 is 0 Å². The van der Waals surface area contributed by atoms with Crippen LogP contribution in [0.5, 0.6) is 5.75 Å². The molecule has 5 heteroatoms. The number of amides is 1. The molecule has 1 aromatic carbocycles. The molecule has 0 bridgehead atoms. The lowest BCUT2D eigenvalue weighted by molar-refractivity contribution is 0.0725.